The number of carboxylic acids is 1. The summed E-state index contributed by atoms with van der Waals surface area (Å²) in [6.07, 6.45) is 18.2. The molecule has 1 heterocycles. The lowest BCUT2D eigenvalue weighted by Crippen LogP contribution is -2.66. The molecule has 1 aliphatic rings. The van der Waals surface area contributed by atoms with Gasteiger partial charge in [-0.1, -0.05) is 194 Å². The first-order valence-electron chi connectivity index (χ1n) is 26.9. The second-order valence-corrected chi connectivity index (χ2v) is 19.3. The van der Waals surface area contributed by atoms with Gasteiger partial charge in [0.25, 0.3) is 0 Å². The molecule has 0 bridgehead atoms. The summed E-state index contributed by atoms with van der Waals surface area (Å²) in [4.78, 5) is 65.1. The first-order chi connectivity index (χ1) is 32.8. The van der Waals surface area contributed by atoms with Gasteiger partial charge in [0.15, 0.2) is 6.10 Å². The number of carboxylic acid groups (broad SMARTS) is 1. The van der Waals surface area contributed by atoms with Gasteiger partial charge in [-0.05, 0) is 19.3 Å². The van der Waals surface area contributed by atoms with E-state index in [4.69, 9.17) is 14.2 Å². The van der Waals surface area contributed by atoms with Crippen molar-refractivity contribution in [3.63, 3.8) is 0 Å². The Kier molecular flexibility index (Phi) is 37.9. The second-order valence-electron chi connectivity index (χ2n) is 19.3. The van der Waals surface area contributed by atoms with E-state index in [9.17, 15) is 54.6 Å². The van der Waals surface area contributed by atoms with Crippen LogP contribution in [-0.4, -0.2) is 122 Å². The standard InChI is InChI=1S/C52H96N2O14/c1-4-7-10-13-16-19-22-25-28-31-39(56)34-44(59)53-42(51(64)65)37-47(62)68-52-48(54-45(60)35-40(57)32-29-26-23-20-17-14-11-8-5-2)50(49(63)43(38-55)66-52)67-46(61)36-41(58)33-30-27-24-21-18-15-12-9-6-3/h39-43,48-50,52,55-58,63H,4-38H2,1-3H3,(H,53,59)(H,54,60)(H,64,65)/t39?,40?,41?,42-,43?,48?,49?,50?,52?/m0/s1. The summed E-state index contributed by atoms with van der Waals surface area (Å²) in [6, 6.07) is -3.38. The Morgan fingerprint density at radius 1 is 0.515 bits per heavy atom. The molecule has 16 heteroatoms. The zero-order valence-electron chi connectivity index (χ0n) is 42.4. The summed E-state index contributed by atoms with van der Waals surface area (Å²) in [5, 5.41) is 68.1. The number of aliphatic hydroxyl groups excluding tert-OH is 5. The van der Waals surface area contributed by atoms with Crippen molar-refractivity contribution >= 4 is 29.7 Å². The van der Waals surface area contributed by atoms with Crippen molar-refractivity contribution in [2.75, 3.05) is 6.61 Å². The van der Waals surface area contributed by atoms with Gasteiger partial charge in [-0.25, -0.2) is 4.79 Å². The summed E-state index contributed by atoms with van der Waals surface area (Å²) in [7, 11) is 0. The maximum absolute atomic E-state index is 13.4. The van der Waals surface area contributed by atoms with Crippen molar-refractivity contribution in [1.82, 2.24) is 10.6 Å². The quantitative estimate of drug-likeness (QED) is 0.0213. The molecule has 0 spiro atoms. The minimum Gasteiger partial charge on any atom is -0.480 e. The van der Waals surface area contributed by atoms with Crippen molar-refractivity contribution < 1.29 is 68.8 Å². The molecule has 1 fully saturated rings. The van der Waals surface area contributed by atoms with E-state index >= 15 is 0 Å². The van der Waals surface area contributed by atoms with Crippen LogP contribution in [0.1, 0.15) is 239 Å². The number of aliphatic hydroxyl groups is 5. The molecule has 2 amide bonds. The van der Waals surface area contributed by atoms with Crippen LogP contribution < -0.4 is 10.6 Å². The summed E-state index contributed by atoms with van der Waals surface area (Å²) in [6.45, 7) is 5.69. The monoisotopic (exact) mass is 973 g/mol. The molecular weight excluding hydrogens is 877 g/mol. The van der Waals surface area contributed by atoms with Crippen molar-refractivity contribution in [3.05, 3.63) is 0 Å². The van der Waals surface area contributed by atoms with Crippen LogP contribution in [0.4, 0.5) is 0 Å². The van der Waals surface area contributed by atoms with Crippen molar-refractivity contribution in [3.8, 4) is 0 Å². The second kappa shape index (κ2) is 40.8. The predicted molar refractivity (Wildman–Crippen MR) is 261 cm³/mol. The summed E-state index contributed by atoms with van der Waals surface area (Å²) in [5.41, 5.74) is 0. The first kappa shape index (κ1) is 63.1. The summed E-state index contributed by atoms with van der Waals surface area (Å²) in [5.74, 6) is -5.24. The SMILES string of the molecule is CCCCCCCCCCCC(O)CC(=O)NC1C(OC(=O)C[C@H](NC(=O)CC(O)CCCCCCCCCCC)C(=O)O)OC(CO)C(O)C1OC(=O)CC(O)CCCCCCCCCCC. The zero-order chi connectivity index (χ0) is 50.4. The highest BCUT2D eigenvalue weighted by atomic mass is 16.7. The van der Waals surface area contributed by atoms with Crippen LogP contribution >= 0.6 is 0 Å². The number of hydrogen-bond donors (Lipinski definition) is 8. The van der Waals surface area contributed by atoms with E-state index in [2.05, 4.69) is 31.4 Å². The minimum absolute atomic E-state index is 0.331. The van der Waals surface area contributed by atoms with Crippen LogP contribution in [-0.2, 0) is 38.2 Å². The number of carbonyl (C=O) groups is 5. The lowest BCUT2D eigenvalue weighted by Gasteiger charge is -2.43. The highest BCUT2D eigenvalue weighted by Crippen LogP contribution is 2.27. The zero-order valence-corrected chi connectivity index (χ0v) is 42.4. The molecule has 8 unspecified atom stereocenters. The molecule has 0 saturated carbocycles. The smallest absolute Gasteiger partial charge is 0.326 e. The fraction of sp³-hybridized carbons (Fsp3) is 0.904. The summed E-state index contributed by atoms with van der Waals surface area (Å²) < 4.78 is 16.9. The lowest BCUT2D eigenvalue weighted by molar-refractivity contribution is -0.267. The Bertz CT molecular complexity index is 1320. The number of rotatable bonds is 44. The number of unbranched alkanes of at least 4 members (excludes halogenated alkanes) is 24. The normalized spacial score (nSPS) is 20.0. The maximum atomic E-state index is 13.4. The third-order valence-electron chi connectivity index (χ3n) is 12.9. The van der Waals surface area contributed by atoms with Crippen LogP contribution in [0.3, 0.4) is 0 Å². The van der Waals surface area contributed by atoms with Crippen LogP contribution in [0.5, 0.6) is 0 Å². The number of ether oxygens (including phenoxy) is 3. The maximum Gasteiger partial charge on any atom is 0.326 e. The van der Waals surface area contributed by atoms with Gasteiger partial charge in [0.05, 0.1) is 50.6 Å². The number of esters is 2. The van der Waals surface area contributed by atoms with Crippen molar-refractivity contribution in [2.45, 2.75) is 294 Å². The Labute approximate surface area is 408 Å². The van der Waals surface area contributed by atoms with E-state index < -0.39 is 104 Å². The van der Waals surface area contributed by atoms with Gasteiger partial charge < -0.3 is 55.5 Å². The van der Waals surface area contributed by atoms with Crippen LogP contribution in [0.15, 0.2) is 0 Å². The van der Waals surface area contributed by atoms with E-state index in [1.807, 2.05) is 0 Å². The van der Waals surface area contributed by atoms with E-state index in [-0.39, 0.29) is 12.8 Å². The van der Waals surface area contributed by atoms with Gasteiger partial charge in [-0.2, -0.15) is 0 Å². The molecule has 398 valence electrons. The predicted octanol–water partition coefficient (Wildman–Crippen LogP) is 7.98. The first-order valence-corrected chi connectivity index (χ1v) is 26.9. The van der Waals surface area contributed by atoms with E-state index in [1.165, 1.54) is 77.0 Å². The number of carbonyl (C=O) groups excluding carboxylic acids is 4. The third-order valence-corrected chi connectivity index (χ3v) is 12.9. The molecule has 68 heavy (non-hydrogen) atoms. The molecule has 1 rings (SSSR count). The van der Waals surface area contributed by atoms with Crippen molar-refractivity contribution in [1.29, 1.82) is 0 Å². The van der Waals surface area contributed by atoms with E-state index in [0.717, 1.165) is 77.0 Å². The molecule has 16 nitrogen and oxygen atoms in total. The molecule has 0 aliphatic carbocycles. The topological polar surface area (TPSA) is 258 Å². The number of aliphatic carboxylic acids is 1. The largest absolute Gasteiger partial charge is 0.480 e. The molecule has 0 aromatic carbocycles. The average molecular weight is 973 g/mol. The van der Waals surface area contributed by atoms with Crippen LogP contribution in [0.2, 0.25) is 0 Å². The summed E-state index contributed by atoms with van der Waals surface area (Å²) >= 11 is 0. The van der Waals surface area contributed by atoms with Gasteiger partial charge in [-0.15, -0.1) is 0 Å². The minimum atomic E-state index is -1.84. The number of nitrogens with one attached hydrogen (secondary N) is 2. The molecule has 0 radical (unpaired) electrons. The van der Waals surface area contributed by atoms with E-state index in [1.54, 1.807) is 0 Å². The highest BCUT2D eigenvalue weighted by Gasteiger charge is 2.50. The fourth-order valence-corrected chi connectivity index (χ4v) is 8.70. The molecule has 1 saturated heterocycles. The average Bonchev–Trinajstić information content (AvgIpc) is 3.28. The Balaban J connectivity index is 2.98. The third kappa shape index (κ3) is 31.4. The molecule has 9 atom stereocenters. The van der Waals surface area contributed by atoms with Gasteiger partial charge in [0, 0.05) is 0 Å². The highest BCUT2D eigenvalue weighted by molar-refractivity contribution is 5.87. The molecule has 8 N–H and O–H groups in total. The molecule has 1 aliphatic heterocycles. The van der Waals surface area contributed by atoms with E-state index in [0.29, 0.717) is 38.5 Å². The number of amides is 2. The van der Waals surface area contributed by atoms with Crippen LogP contribution in [0, 0.1) is 0 Å². The van der Waals surface area contributed by atoms with Gasteiger partial charge >= 0.3 is 17.9 Å². The molecule has 0 aromatic heterocycles. The Morgan fingerprint density at radius 2 is 0.882 bits per heavy atom. The molecular formula is C52H96N2O14. The van der Waals surface area contributed by atoms with Gasteiger partial charge in [-0.3, -0.25) is 19.2 Å². The fourth-order valence-electron chi connectivity index (χ4n) is 8.70. The van der Waals surface area contributed by atoms with Crippen molar-refractivity contribution in [2.24, 2.45) is 0 Å². The molecule has 0 aromatic rings. The van der Waals surface area contributed by atoms with Crippen LogP contribution in [0.25, 0.3) is 0 Å². The lowest BCUT2D eigenvalue weighted by atomic mass is 9.96. The number of hydrogen-bond acceptors (Lipinski definition) is 13. The Morgan fingerprint density at radius 3 is 1.28 bits per heavy atom. The van der Waals surface area contributed by atoms with Gasteiger partial charge in [0.2, 0.25) is 18.1 Å². The Hall–Kier alpha value is -2.89. The van der Waals surface area contributed by atoms with Gasteiger partial charge in [0.1, 0.15) is 24.3 Å².